The van der Waals surface area contributed by atoms with Crippen molar-refractivity contribution >= 4 is 11.6 Å². The monoisotopic (exact) mass is 217 g/mol. The Morgan fingerprint density at radius 1 is 1.31 bits per heavy atom. The Labute approximate surface area is 92.0 Å². The van der Waals surface area contributed by atoms with E-state index >= 15 is 0 Å². The predicted octanol–water partition coefficient (Wildman–Crippen LogP) is 1.24. The van der Waals surface area contributed by atoms with E-state index in [0.29, 0.717) is 5.95 Å². The van der Waals surface area contributed by atoms with Crippen molar-refractivity contribution in [2.24, 2.45) is 0 Å². The Hall–Kier alpha value is -2.30. The van der Waals surface area contributed by atoms with E-state index in [-0.39, 0.29) is 11.4 Å². The molecule has 0 bridgehead atoms. The summed E-state index contributed by atoms with van der Waals surface area (Å²) in [5.74, 6) is 0.0118. The van der Waals surface area contributed by atoms with Crippen molar-refractivity contribution in [2.45, 2.75) is 0 Å². The molecule has 16 heavy (non-hydrogen) atoms. The zero-order valence-electron chi connectivity index (χ0n) is 8.71. The van der Waals surface area contributed by atoms with Gasteiger partial charge in [-0.15, -0.1) is 0 Å². The van der Waals surface area contributed by atoms with E-state index in [9.17, 15) is 9.90 Å². The van der Waals surface area contributed by atoms with Crippen LogP contribution in [0.25, 0.3) is 0 Å². The second-order valence-electron chi connectivity index (χ2n) is 3.32. The zero-order chi connectivity index (χ0) is 11.5. The van der Waals surface area contributed by atoms with E-state index in [0.717, 1.165) is 11.8 Å². The molecule has 0 unspecified atom stereocenters. The second-order valence-corrected chi connectivity index (χ2v) is 3.32. The molecule has 1 aromatic heterocycles. The van der Waals surface area contributed by atoms with Crippen molar-refractivity contribution in [3.8, 4) is 5.88 Å². The molecule has 0 aliphatic carbocycles. The molecule has 0 fully saturated rings. The van der Waals surface area contributed by atoms with Gasteiger partial charge in [-0.3, -0.25) is 9.78 Å². The number of nitrogens with one attached hydrogen (secondary N) is 1. The first kappa shape index (κ1) is 10.2. The highest BCUT2D eigenvalue weighted by Gasteiger charge is 2.07. The number of hydrogen-bond donors (Lipinski definition) is 2. The van der Waals surface area contributed by atoms with E-state index in [1.54, 1.807) is 11.9 Å². The lowest BCUT2D eigenvalue weighted by atomic mass is 10.3. The molecule has 2 aromatic rings. The first-order chi connectivity index (χ1) is 7.66. The van der Waals surface area contributed by atoms with Crippen LogP contribution in [0.4, 0.5) is 11.6 Å². The highest BCUT2D eigenvalue weighted by Crippen LogP contribution is 2.19. The van der Waals surface area contributed by atoms with E-state index in [1.165, 1.54) is 0 Å². The molecule has 5 heteroatoms. The second kappa shape index (κ2) is 4.06. The fourth-order valence-corrected chi connectivity index (χ4v) is 1.36. The van der Waals surface area contributed by atoms with Gasteiger partial charge in [0.1, 0.15) is 0 Å². The molecule has 82 valence electrons. The summed E-state index contributed by atoms with van der Waals surface area (Å²) in [6.07, 6.45) is 0. The van der Waals surface area contributed by atoms with Crippen LogP contribution < -0.4 is 10.5 Å². The molecule has 0 atom stereocenters. The number of nitrogens with zero attached hydrogens (tertiary/aromatic N) is 2. The summed E-state index contributed by atoms with van der Waals surface area (Å²) in [6, 6.07) is 10.5. The fourth-order valence-electron chi connectivity index (χ4n) is 1.36. The van der Waals surface area contributed by atoms with Crippen LogP contribution in [0.15, 0.2) is 41.2 Å². The Kier molecular flexibility index (Phi) is 2.59. The van der Waals surface area contributed by atoms with Gasteiger partial charge in [-0.25, -0.2) is 0 Å². The number of benzene rings is 1. The van der Waals surface area contributed by atoms with E-state index in [1.807, 2.05) is 30.3 Å². The first-order valence-corrected chi connectivity index (χ1v) is 4.76. The number of hydrogen-bond acceptors (Lipinski definition) is 4. The van der Waals surface area contributed by atoms with Crippen molar-refractivity contribution < 1.29 is 5.11 Å². The van der Waals surface area contributed by atoms with Gasteiger partial charge in [0.15, 0.2) is 0 Å². The minimum absolute atomic E-state index is 0.290. The Bertz CT molecular complexity index is 536. The summed E-state index contributed by atoms with van der Waals surface area (Å²) in [6.45, 7) is 0. The van der Waals surface area contributed by atoms with Crippen LogP contribution in [0.3, 0.4) is 0 Å². The lowest BCUT2D eigenvalue weighted by molar-refractivity contribution is 0.451. The topological polar surface area (TPSA) is 69.2 Å². The molecule has 0 aliphatic heterocycles. The average Bonchev–Trinajstić information content (AvgIpc) is 2.28. The quantitative estimate of drug-likeness (QED) is 0.794. The van der Waals surface area contributed by atoms with Crippen LogP contribution in [0, 0.1) is 0 Å². The fraction of sp³-hybridized carbons (Fsp3) is 0.0909. The SMILES string of the molecule is CN(c1ccccc1)c1nc(O)cc(=O)[nH]1. The molecule has 0 spiro atoms. The van der Waals surface area contributed by atoms with Gasteiger partial charge in [0.2, 0.25) is 11.8 Å². The number of aromatic amines is 1. The predicted molar refractivity (Wildman–Crippen MR) is 61.0 cm³/mol. The number of aromatic hydroxyl groups is 1. The van der Waals surface area contributed by atoms with Gasteiger partial charge in [0.25, 0.3) is 5.56 Å². The molecule has 0 saturated heterocycles. The lowest BCUT2D eigenvalue weighted by Crippen LogP contribution is -2.17. The molecule has 1 aromatic carbocycles. The highest BCUT2D eigenvalue weighted by atomic mass is 16.3. The van der Waals surface area contributed by atoms with Crippen LogP contribution in [-0.2, 0) is 0 Å². The summed E-state index contributed by atoms with van der Waals surface area (Å²) in [7, 11) is 1.76. The molecule has 2 rings (SSSR count). The summed E-state index contributed by atoms with van der Waals surface area (Å²) in [4.78, 5) is 19.2. The van der Waals surface area contributed by atoms with Crippen LogP contribution in [-0.4, -0.2) is 22.1 Å². The van der Waals surface area contributed by atoms with Crippen LogP contribution in [0.2, 0.25) is 0 Å². The number of anilines is 2. The standard InChI is InChI=1S/C11H11N3O2/c1-14(8-5-3-2-4-6-8)11-12-9(15)7-10(16)13-11/h2-7H,1H3,(H2,12,13,15,16). The zero-order valence-corrected chi connectivity index (χ0v) is 8.71. The lowest BCUT2D eigenvalue weighted by Gasteiger charge is -2.17. The Morgan fingerprint density at radius 2 is 2.00 bits per heavy atom. The maximum absolute atomic E-state index is 11.2. The maximum Gasteiger partial charge on any atom is 0.256 e. The van der Waals surface area contributed by atoms with Gasteiger partial charge >= 0.3 is 0 Å². The maximum atomic E-state index is 11.2. The summed E-state index contributed by atoms with van der Waals surface area (Å²) < 4.78 is 0. The molecule has 2 N–H and O–H groups in total. The molecule has 5 nitrogen and oxygen atoms in total. The number of H-pyrrole nitrogens is 1. The summed E-state index contributed by atoms with van der Waals surface area (Å²) in [5, 5.41) is 9.23. The molecular formula is C11H11N3O2. The van der Waals surface area contributed by atoms with Crippen molar-refractivity contribution in [3.05, 3.63) is 46.8 Å². The van der Waals surface area contributed by atoms with E-state index < -0.39 is 0 Å². The smallest absolute Gasteiger partial charge is 0.256 e. The molecule has 0 radical (unpaired) electrons. The van der Waals surface area contributed by atoms with Gasteiger partial charge in [-0.2, -0.15) is 4.98 Å². The normalized spacial score (nSPS) is 10.1. The first-order valence-electron chi connectivity index (χ1n) is 4.76. The minimum atomic E-state index is -0.384. The molecular weight excluding hydrogens is 206 g/mol. The van der Waals surface area contributed by atoms with Crippen LogP contribution in [0.5, 0.6) is 5.88 Å². The van der Waals surface area contributed by atoms with Crippen molar-refractivity contribution in [2.75, 3.05) is 11.9 Å². The minimum Gasteiger partial charge on any atom is -0.493 e. The van der Waals surface area contributed by atoms with Crippen molar-refractivity contribution in [1.82, 2.24) is 9.97 Å². The Morgan fingerprint density at radius 3 is 2.62 bits per heavy atom. The molecule has 0 aliphatic rings. The molecule has 0 saturated carbocycles. The van der Waals surface area contributed by atoms with Crippen LogP contribution >= 0.6 is 0 Å². The number of para-hydroxylation sites is 1. The van der Waals surface area contributed by atoms with Crippen LogP contribution in [0.1, 0.15) is 0 Å². The summed E-state index contributed by atoms with van der Waals surface area (Å²) >= 11 is 0. The van der Waals surface area contributed by atoms with Gasteiger partial charge in [0, 0.05) is 12.7 Å². The largest absolute Gasteiger partial charge is 0.493 e. The van der Waals surface area contributed by atoms with Gasteiger partial charge in [-0.05, 0) is 12.1 Å². The molecule has 0 amide bonds. The highest BCUT2D eigenvalue weighted by molar-refractivity contribution is 5.55. The summed E-state index contributed by atoms with van der Waals surface area (Å²) in [5.41, 5.74) is 0.488. The van der Waals surface area contributed by atoms with Crippen molar-refractivity contribution in [1.29, 1.82) is 0 Å². The van der Waals surface area contributed by atoms with Gasteiger partial charge < -0.3 is 10.0 Å². The third-order valence-corrected chi connectivity index (χ3v) is 2.18. The number of rotatable bonds is 2. The third kappa shape index (κ3) is 2.03. The van der Waals surface area contributed by atoms with E-state index in [4.69, 9.17) is 0 Å². The number of aromatic nitrogens is 2. The average molecular weight is 217 g/mol. The molecule has 1 heterocycles. The Balaban J connectivity index is 2.41. The van der Waals surface area contributed by atoms with Gasteiger partial charge in [0.05, 0.1) is 6.07 Å². The van der Waals surface area contributed by atoms with E-state index in [2.05, 4.69) is 9.97 Å². The van der Waals surface area contributed by atoms with Gasteiger partial charge in [-0.1, -0.05) is 18.2 Å². The van der Waals surface area contributed by atoms with Crippen molar-refractivity contribution in [3.63, 3.8) is 0 Å². The third-order valence-electron chi connectivity index (χ3n) is 2.18.